The van der Waals surface area contributed by atoms with Gasteiger partial charge in [0.1, 0.15) is 97.5 Å². The Hall–Kier alpha value is -1.82. The van der Waals surface area contributed by atoms with Crippen molar-refractivity contribution in [2.24, 2.45) is 0 Å². The summed E-state index contributed by atoms with van der Waals surface area (Å²) in [5.41, 5.74) is 0. The molecule has 4 heterocycles. The van der Waals surface area contributed by atoms with Gasteiger partial charge in [0.25, 0.3) is 0 Å². The van der Waals surface area contributed by atoms with Gasteiger partial charge in [-0.15, -0.1) is 0 Å². The van der Waals surface area contributed by atoms with Crippen molar-refractivity contribution in [1.29, 1.82) is 0 Å². The average molecular weight is 749 g/mol. The summed E-state index contributed by atoms with van der Waals surface area (Å²) in [6.07, 6.45) is -30.8. The lowest BCUT2D eigenvalue weighted by molar-refractivity contribution is -0.356. The molecule has 4 rings (SSSR count). The van der Waals surface area contributed by atoms with E-state index in [2.05, 4.69) is 10.6 Å². The third-order valence-corrected chi connectivity index (χ3v) is 8.99. The molecule has 4 aliphatic rings. The first-order valence-corrected chi connectivity index (χ1v) is 16.1. The van der Waals surface area contributed by atoms with E-state index in [1.807, 2.05) is 0 Å². The topological polar surface area (TPSA) is 366 Å². The van der Waals surface area contributed by atoms with E-state index in [4.69, 9.17) is 33.2 Å². The summed E-state index contributed by atoms with van der Waals surface area (Å²) < 4.78 is 39.0. The quantitative estimate of drug-likeness (QED) is 0.0881. The molecular formula is C28H48N2O21. The average Bonchev–Trinajstić information content (AvgIpc) is 3.08. The third-order valence-electron chi connectivity index (χ3n) is 8.99. The Kier molecular flexibility index (Phi) is 14.8. The molecule has 0 spiro atoms. The van der Waals surface area contributed by atoms with Gasteiger partial charge in [-0.05, 0) is 0 Å². The molecule has 0 aromatic rings. The van der Waals surface area contributed by atoms with E-state index in [0.717, 1.165) is 13.8 Å². The molecule has 23 nitrogen and oxygen atoms in total. The number of aliphatic hydroxyl groups excluding tert-OH is 12. The van der Waals surface area contributed by atoms with Crippen LogP contribution in [-0.2, 0) is 42.7 Å². The molecule has 14 N–H and O–H groups in total. The highest BCUT2D eigenvalue weighted by Gasteiger charge is 2.54. The van der Waals surface area contributed by atoms with Crippen LogP contribution < -0.4 is 10.6 Å². The summed E-state index contributed by atoms with van der Waals surface area (Å²) in [6.45, 7) is -0.987. The van der Waals surface area contributed by atoms with Crippen LogP contribution in [0, 0.1) is 0 Å². The minimum Gasteiger partial charge on any atom is -0.394 e. The first-order valence-electron chi connectivity index (χ1n) is 16.1. The summed E-state index contributed by atoms with van der Waals surface area (Å²) in [4.78, 5) is 24.1. The summed E-state index contributed by atoms with van der Waals surface area (Å²) in [6, 6.07) is -3.01. The highest BCUT2D eigenvalue weighted by molar-refractivity contribution is 5.73. The number of carbonyl (C=O) groups is 2. The zero-order chi connectivity index (χ0) is 37.9. The maximum absolute atomic E-state index is 12.1. The lowest BCUT2D eigenvalue weighted by atomic mass is 9.94. The molecule has 0 radical (unpaired) electrons. The maximum Gasteiger partial charge on any atom is 0.217 e. The number of aliphatic hydroxyl groups is 12. The molecule has 51 heavy (non-hydrogen) atoms. The molecule has 0 aliphatic carbocycles. The van der Waals surface area contributed by atoms with Crippen LogP contribution in [0.25, 0.3) is 0 Å². The molecule has 4 aliphatic heterocycles. The predicted molar refractivity (Wildman–Crippen MR) is 157 cm³/mol. The van der Waals surface area contributed by atoms with E-state index in [1.54, 1.807) is 0 Å². The van der Waals surface area contributed by atoms with Crippen molar-refractivity contribution in [3.8, 4) is 0 Å². The van der Waals surface area contributed by atoms with Crippen LogP contribution in [0.2, 0.25) is 0 Å². The molecular weight excluding hydrogens is 700 g/mol. The Morgan fingerprint density at radius 2 is 0.961 bits per heavy atom. The lowest BCUT2D eigenvalue weighted by Crippen LogP contribution is -2.69. The number of carbonyl (C=O) groups excluding carboxylic acids is 2. The number of hydrogen-bond donors (Lipinski definition) is 14. The van der Waals surface area contributed by atoms with E-state index in [0.29, 0.717) is 0 Å². The number of nitrogens with one attached hydrogen (secondary N) is 2. The summed E-state index contributed by atoms with van der Waals surface area (Å²) in [5.74, 6) is -1.41. The lowest BCUT2D eigenvalue weighted by Gasteiger charge is -2.48. The second-order valence-electron chi connectivity index (χ2n) is 12.7. The van der Waals surface area contributed by atoms with Crippen molar-refractivity contribution in [2.45, 2.75) is 137 Å². The molecule has 4 fully saturated rings. The van der Waals surface area contributed by atoms with E-state index >= 15 is 0 Å². The van der Waals surface area contributed by atoms with Crippen molar-refractivity contribution in [1.82, 2.24) is 10.6 Å². The van der Waals surface area contributed by atoms with Crippen LogP contribution in [0.1, 0.15) is 13.8 Å². The van der Waals surface area contributed by atoms with Crippen LogP contribution in [0.4, 0.5) is 0 Å². The van der Waals surface area contributed by atoms with Gasteiger partial charge < -0.3 is 105 Å². The minimum atomic E-state index is -1.92. The smallest absolute Gasteiger partial charge is 0.217 e. The molecule has 23 heteroatoms. The molecule has 0 saturated carbocycles. The Morgan fingerprint density at radius 1 is 0.510 bits per heavy atom. The standard InChI is InChI=1S/C28H48N2O21/c1-7(34)29-13-18(39)23(50-27-21(42)19(40)15(36)9(3-31)47-27)11(5-33)49-26(13)45-6-12-17(38)24(14(25(44)46-12)30-8(2)35)51-28-22(43)20(41)16(37)10(4-32)48-28/h9-28,31-33,36-44H,3-6H2,1-2H3,(H,29,34)(H,30,35)/t9-,10-,11-,12-,13-,14-,15+,16+,17+,18-,19+,20+,21-,22-,23-,24-,25-,26-,27+,28+/m1/s1. The fourth-order valence-corrected chi connectivity index (χ4v) is 6.25. The molecule has 0 bridgehead atoms. The minimum absolute atomic E-state index is 0.703. The van der Waals surface area contributed by atoms with Gasteiger partial charge in [-0.25, -0.2) is 0 Å². The zero-order valence-electron chi connectivity index (χ0n) is 27.4. The van der Waals surface area contributed by atoms with Crippen molar-refractivity contribution in [3.63, 3.8) is 0 Å². The second kappa shape index (κ2) is 18.0. The number of rotatable bonds is 12. The van der Waals surface area contributed by atoms with E-state index in [9.17, 15) is 70.9 Å². The molecule has 0 aromatic heterocycles. The molecule has 0 unspecified atom stereocenters. The van der Waals surface area contributed by atoms with Crippen molar-refractivity contribution in [3.05, 3.63) is 0 Å². The second-order valence-corrected chi connectivity index (χ2v) is 12.7. The van der Waals surface area contributed by atoms with Gasteiger partial charge in [0.05, 0.1) is 26.4 Å². The third kappa shape index (κ3) is 9.29. The maximum atomic E-state index is 12.1. The van der Waals surface area contributed by atoms with Gasteiger partial charge >= 0.3 is 0 Å². The predicted octanol–water partition coefficient (Wildman–Crippen LogP) is -9.46. The van der Waals surface area contributed by atoms with Crippen molar-refractivity contribution >= 4 is 11.8 Å². The molecule has 0 aromatic carbocycles. The van der Waals surface area contributed by atoms with Gasteiger partial charge in [0, 0.05) is 13.8 Å². The normalized spacial score (nSPS) is 47.8. The summed E-state index contributed by atoms with van der Waals surface area (Å²) in [5, 5.41) is 129. The van der Waals surface area contributed by atoms with E-state index < -0.39 is 161 Å². The van der Waals surface area contributed by atoms with Gasteiger partial charge in [-0.1, -0.05) is 0 Å². The van der Waals surface area contributed by atoms with Crippen LogP contribution >= 0.6 is 0 Å². The van der Waals surface area contributed by atoms with E-state index in [-0.39, 0.29) is 0 Å². The number of hydrogen-bond acceptors (Lipinski definition) is 21. The van der Waals surface area contributed by atoms with Crippen molar-refractivity contribution < 1.29 is 104 Å². The van der Waals surface area contributed by atoms with Gasteiger partial charge in [0.15, 0.2) is 25.2 Å². The highest BCUT2D eigenvalue weighted by atomic mass is 16.7. The Labute approximate surface area is 289 Å². The van der Waals surface area contributed by atoms with Crippen LogP contribution in [0.5, 0.6) is 0 Å². The summed E-state index contributed by atoms with van der Waals surface area (Å²) >= 11 is 0. The van der Waals surface area contributed by atoms with Gasteiger partial charge in [-0.2, -0.15) is 0 Å². The van der Waals surface area contributed by atoms with Gasteiger partial charge in [-0.3, -0.25) is 9.59 Å². The van der Waals surface area contributed by atoms with Crippen LogP contribution in [0.3, 0.4) is 0 Å². The SMILES string of the molecule is CC(=O)N[C@@H]1[C@@H](O[C@@H]2O[C@H](CO)[C@H](O)[C@H](O)[C@H]2O)[C@@H](O)[C@@H](CO[C@@H]2O[C@H](CO)[C@@H](O[C@@H]3O[C@H](CO)[C@H](O)[C@H](O)[C@H]3O)[C@H](O)[C@H]2NC(C)=O)O[C@H]1O. The fraction of sp³-hybridized carbons (Fsp3) is 0.929. The Morgan fingerprint density at radius 3 is 1.43 bits per heavy atom. The highest BCUT2D eigenvalue weighted by Crippen LogP contribution is 2.32. The van der Waals surface area contributed by atoms with Gasteiger partial charge in [0.2, 0.25) is 11.8 Å². The first-order chi connectivity index (χ1) is 24.0. The summed E-state index contributed by atoms with van der Waals surface area (Å²) in [7, 11) is 0. The number of ether oxygens (including phenoxy) is 7. The molecule has 296 valence electrons. The van der Waals surface area contributed by atoms with Crippen molar-refractivity contribution in [2.75, 3.05) is 26.4 Å². The largest absolute Gasteiger partial charge is 0.394 e. The fourth-order valence-electron chi connectivity index (χ4n) is 6.25. The Bertz CT molecular complexity index is 1140. The van der Waals surface area contributed by atoms with E-state index in [1.165, 1.54) is 0 Å². The number of amides is 2. The molecule has 4 saturated heterocycles. The monoisotopic (exact) mass is 748 g/mol. The molecule has 20 atom stereocenters. The zero-order valence-corrected chi connectivity index (χ0v) is 27.4. The van der Waals surface area contributed by atoms with Crippen LogP contribution in [-0.4, -0.2) is 222 Å². The Balaban J connectivity index is 1.51. The van der Waals surface area contributed by atoms with Crippen LogP contribution in [0.15, 0.2) is 0 Å². The first kappa shape index (κ1) is 41.9. The molecule has 2 amide bonds.